The smallest absolute Gasteiger partial charge is 0.326 e. The maximum atomic E-state index is 12.9. The molecule has 4 atom stereocenters. The molecule has 11 nitrogen and oxygen atoms in total. The highest BCUT2D eigenvalue weighted by Gasteiger charge is 2.38. The first kappa shape index (κ1) is 25.7. The van der Waals surface area contributed by atoms with Crippen molar-refractivity contribution in [3.8, 4) is 0 Å². The van der Waals surface area contributed by atoms with E-state index in [-0.39, 0.29) is 19.4 Å². The van der Waals surface area contributed by atoms with Crippen molar-refractivity contribution < 1.29 is 29.1 Å². The highest BCUT2D eigenvalue weighted by molar-refractivity contribution is 7.98. The molecule has 30 heavy (non-hydrogen) atoms. The number of hydrogen-bond donors (Lipinski definition) is 5. The van der Waals surface area contributed by atoms with Gasteiger partial charge in [-0.2, -0.15) is 11.8 Å². The number of likely N-dealkylation sites (tertiary alicyclic amines) is 1. The molecule has 0 saturated carbocycles. The van der Waals surface area contributed by atoms with E-state index in [0.717, 1.165) is 0 Å². The van der Waals surface area contributed by atoms with Gasteiger partial charge in [-0.1, -0.05) is 0 Å². The number of carbonyl (C=O) groups excluding carboxylic acids is 4. The zero-order valence-electron chi connectivity index (χ0n) is 17.3. The summed E-state index contributed by atoms with van der Waals surface area (Å²) < 4.78 is 0. The van der Waals surface area contributed by atoms with Crippen LogP contribution in [0, 0.1) is 0 Å². The molecule has 1 aliphatic heterocycles. The predicted molar refractivity (Wildman–Crippen MR) is 111 cm³/mol. The van der Waals surface area contributed by atoms with Crippen molar-refractivity contribution in [2.45, 2.75) is 63.2 Å². The van der Waals surface area contributed by atoms with Gasteiger partial charge < -0.3 is 32.1 Å². The van der Waals surface area contributed by atoms with Crippen LogP contribution in [0.5, 0.6) is 0 Å². The molecule has 1 heterocycles. The molecule has 1 saturated heterocycles. The van der Waals surface area contributed by atoms with Crippen LogP contribution in [0.25, 0.3) is 0 Å². The second kappa shape index (κ2) is 12.4. The van der Waals surface area contributed by atoms with Gasteiger partial charge in [0, 0.05) is 13.0 Å². The minimum absolute atomic E-state index is 0.0728. The maximum Gasteiger partial charge on any atom is 0.326 e. The number of rotatable bonds is 12. The lowest BCUT2D eigenvalue weighted by Gasteiger charge is -2.28. The van der Waals surface area contributed by atoms with E-state index in [4.69, 9.17) is 11.5 Å². The van der Waals surface area contributed by atoms with Gasteiger partial charge in [0.15, 0.2) is 0 Å². The number of nitrogens with one attached hydrogen (secondary N) is 2. The normalized spacial score (nSPS) is 18.9. The van der Waals surface area contributed by atoms with Crippen LogP contribution in [0.2, 0.25) is 0 Å². The Labute approximate surface area is 179 Å². The molecule has 0 aliphatic carbocycles. The third-order valence-electron chi connectivity index (χ3n) is 4.84. The van der Waals surface area contributed by atoms with Gasteiger partial charge in [-0.25, -0.2) is 4.79 Å². The van der Waals surface area contributed by atoms with Crippen molar-refractivity contribution in [2.75, 3.05) is 18.6 Å². The highest BCUT2D eigenvalue weighted by Crippen LogP contribution is 2.19. The number of carbonyl (C=O) groups is 5. The van der Waals surface area contributed by atoms with Crippen LogP contribution in [-0.4, -0.2) is 82.3 Å². The molecule has 1 rings (SSSR count). The van der Waals surface area contributed by atoms with E-state index < -0.39 is 53.8 Å². The summed E-state index contributed by atoms with van der Waals surface area (Å²) in [6.45, 7) is 1.69. The molecule has 0 aromatic heterocycles. The van der Waals surface area contributed by atoms with Gasteiger partial charge in [-0.3, -0.25) is 19.2 Å². The van der Waals surface area contributed by atoms with E-state index in [9.17, 15) is 29.1 Å². The first-order valence-electron chi connectivity index (χ1n) is 9.75. The topological polar surface area (TPSA) is 185 Å². The summed E-state index contributed by atoms with van der Waals surface area (Å²) in [6.07, 6.45) is 2.95. The number of hydrogen-bond acceptors (Lipinski definition) is 7. The van der Waals surface area contributed by atoms with Gasteiger partial charge in [0.2, 0.25) is 23.6 Å². The molecule has 0 spiro atoms. The van der Waals surface area contributed by atoms with Gasteiger partial charge in [0.1, 0.15) is 18.1 Å². The Balaban J connectivity index is 2.79. The molecule has 4 unspecified atom stereocenters. The Morgan fingerprint density at radius 2 is 1.83 bits per heavy atom. The minimum atomic E-state index is -1.13. The summed E-state index contributed by atoms with van der Waals surface area (Å²) in [5, 5.41) is 14.3. The summed E-state index contributed by atoms with van der Waals surface area (Å²) in [4.78, 5) is 61.2. The maximum absolute atomic E-state index is 12.9. The molecule has 0 aromatic rings. The Morgan fingerprint density at radius 1 is 1.17 bits per heavy atom. The molecular formula is C18H31N5O6S. The lowest BCUT2D eigenvalue weighted by atomic mass is 10.1. The highest BCUT2D eigenvalue weighted by atomic mass is 32.2. The van der Waals surface area contributed by atoms with Gasteiger partial charge in [0.25, 0.3) is 0 Å². The standard InChI is InChI=1S/C18H31N5O6S/c1-10(21-16(26)11(19)7-9-30-2)15(25)22-12(5-6-14(20)24)17(27)23-8-3-4-13(23)18(28)29/h10-13H,3-9,19H2,1-2H3,(H2,20,24)(H,21,26)(H,22,25)(H,28,29). The van der Waals surface area contributed by atoms with E-state index in [2.05, 4.69) is 10.6 Å². The Kier molecular flexibility index (Phi) is 10.6. The SMILES string of the molecule is CSCCC(N)C(=O)NC(C)C(=O)NC(CCC(N)=O)C(=O)N1CCCC1C(=O)O. The van der Waals surface area contributed by atoms with E-state index in [1.165, 1.54) is 11.8 Å². The Morgan fingerprint density at radius 3 is 2.40 bits per heavy atom. The third kappa shape index (κ3) is 7.82. The fourth-order valence-corrected chi connectivity index (χ4v) is 3.58. The monoisotopic (exact) mass is 445 g/mol. The molecule has 0 radical (unpaired) electrons. The number of carboxylic acids is 1. The van der Waals surface area contributed by atoms with Gasteiger partial charge >= 0.3 is 5.97 Å². The number of aliphatic carboxylic acids is 1. The number of nitrogens with two attached hydrogens (primary N) is 2. The number of nitrogens with zero attached hydrogens (tertiary/aromatic N) is 1. The first-order chi connectivity index (χ1) is 14.1. The molecule has 0 aromatic carbocycles. The Bertz CT molecular complexity index is 661. The molecule has 170 valence electrons. The average Bonchev–Trinajstić information content (AvgIpc) is 3.18. The predicted octanol–water partition coefficient (Wildman–Crippen LogP) is -1.60. The van der Waals surface area contributed by atoms with E-state index in [1.807, 2.05) is 6.26 Å². The molecule has 1 aliphatic rings. The van der Waals surface area contributed by atoms with Crippen LogP contribution in [-0.2, 0) is 24.0 Å². The molecule has 0 bridgehead atoms. The summed E-state index contributed by atoms with van der Waals surface area (Å²) >= 11 is 1.55. The van der Waals surface area contributed by atoms with Gasteiger partial charge in [-0.05, 0) is 44.6 Å². The second-order valence-corrected chi connectivity index (χ2v) is 8.20. The van der Waals surface area contributed by atoms with E-state index in [0.29, 0.717) is 25.0 Å². The van der Waals surface area contributed by atoms with Crippen LogP contribution in [0.15, 0.2) is 0 Å². The van der Waals surface area contributed by atoms with E-state index >= 15 is 0 Å². The summed E-state index contributed by atoms with van der Waals surface area (Å²) in [7, 11) is 0. The fraction of sp³-hybridized carbons (Fsp3) is 0.722. The third-order valence-corrected chi connectivity index (χ3v) is 5.48. The zero-order valence-corrected chi connectivity index (χ0v) is 18.1. The molecule has 4 amide bonds. The van der Waals surface area contributed by atoms with E-state index in [1.54, 1.807) is 11.8 Å². The van der Waals surface area contributed by atoms with Crippen molar-refractivity contribution in [3.63, 3.8) is 0 Å². The van der Waals surface area contributed by atoms with Crippen molar-refractivity contribution in [2.24, 2.45) is 11.5 Å². The van der Waals surface area contributed by atoms with Crippen molar-refractivity contribution >= 4 is 41.4 Å². The number of thioether (sulfide) groups is 1. The molecule has 1 fully saturated rings. The van der Waals surface area contributed by atoms with Crippen LogP contribution in [0.4, 0.5) is 0 Å². The van der Waals surface area contributed by atoms with Crippen molar-refractivity contribution in [3.05, 3.63) is 0 Å². The lowest BCUT2D eigenvalue weighted by molar-refractivity contribution is -0.149. The lowest BCUT2D eigenvalue weighted by Crippen LogP contribution is -2.56. The summed E-state index contributed by atoms with van der Waals surface area (Å²) in [5.41, 5.74) is 10.9. The summed E-state index contributed by atoms with van der Waals surface area (Å²) in [5.74, 6) is -2.81. The average molecular weight is 446 g/mol. The van der Waals surface area contributed by atoms with Crippen LogP contribution in [0.1, 0.15) is 39.0 Å². The molecular weight excluding hydrogens is 414 g/mol. The van der Waals surface area contributed by atoms with Crippen molar-refractivity contribution in [1.29, 1.82) is 0 Å². The number of amides is 4. The van der Waals surface area contributed by atoms with Crippen LogP contribution < -0.4 is 22.1 Å². The van der Waals surface area contributed by atoms with Crippen LogP contribution >= 0.6 is 11.8 Å². The quantitative estimate of drug-likeness (QED) is 0.238. The van der Waals surface area contributed by atoms with Gasteiger partial charge in [-0.15, -0.1) is 0 Å². The fourth-order valence-electron chi connectivity index (χ4n) is 3.09. The summed E-state index contributed by atoms with van der Waals surface area (Å²) in [6, 6.07) is -3.84. The van der Waals surface area contributed by atoms with Crippen LogP contribution in [0.3, 0.4) is 0 Å². The minimum Gasteiger partial charge on any atom is -0.480 e. The van der Waals surface area contributed by atoms with Gasteiger partial charge in [0.05, 0.1) is 6.04 Å². The second-order valence-electron chi connectivity index (χ2n) is 7.21. The number of carboxylic acid groups (broad SMARTS) is 1. The number of primary amides is 1. The molecule has 12 heteroatoms. The zero-order chi connectivity index (χ0) is 22.8. The van der Waals surface area contributed by atoms with Crippen molar-refractivity contribution in [1.82, 2.24) is 15.5 Å². The largest absolute Gasteiger partial charge is 0.480 e. The Hall–Kier alpha value is -2.34. The molecule has 7 N–H and O–H groups in total. The first-order valence-corrected chi connectivity index (χ1v) is 11.1.